The molecule has 346 valence electrons. The van der Waals surface area contributed by atoms with Gasteiger partial charge in [-0.3, -0.25) is 19.4 Å². The lowest BCUT2D eigenvalue weighted by molar-refractivity contribution is -0.148. The third-order valence-corrected chi connectivity index (χ3v) is 16.1. The average Bonchev–Trinajstić information content (AvgIpc) is 4.07. The molecule has 66 heavy (non-hydrogen) atoms. The van der Waals surface area contributed by atoms with E-state index in [1.807, 2.05) is 38.8 Å². The maximum atomic E-state index is 14.2. The Kier molecular flexibility index (Phi) is 11.7. The number of imidazole rings is 1. The number of hydrogen-bond acceptors (Lipinski definition) is 8. The standard InChI is InChI=1S/C54H64N6O6/c1-30(2)40(28-47(61)65-5)51(62)60-45-26-36(45)27-46(60)42-25-35-24-34(15-18-41(35)56-42)38-17-16-37(39-19-22-54(48(38)39)20-7-8-21-54)32-11-13-33(14-12-32)43-29-55-50(57-43)44-10-9-23-59(44)52(63)49(31(3)4)58-53(64)66-6/h11-18,24,29-31,36,40,44-46,49H,7-10,19-23,25-28H2,1-6H3,(H,55,57)(H,58,64)/t36?,40-,44-,45?,46-,49-/m0/s1. The summed E-state index contributed by atoms with van der Waals surface area (Å²) in [5.41, 5.74) is 13.5. The lowest BCUT2D eigenvalue weighted by Gasteiger charge is -2.32. The molecule has 10 rings (SSSR count). The number of H-pyrrole nitrogens is 1. The van der Waals surface area contributed by atoms with E-state index < -0.39 is 18.1 Å². The zero-order valence-electron chi connectivity index (χ0n) is 39.3. The van der Waals surface area contributed by atoms with Crippen molar-refractivity contribution in [1.82, 2.24) is 25.1 Å². The highest BCUT2D eigenvalue weighted by molar-refractivity contribution is 6.01. The van der Waals surface area contributed by atoms with E-state index in [-0.39, 0.29) is 59.6 Å². The van der Waals surface area contributed by atoms with E-state index in [2.05, 4.69) is 69.8 Å². The Balaban J connectivity index is 0.887. The van der Waals surface area contributed by atoms with Crippen molar-refractivity contribution in [1.29, 1.82) is 0 Å². The number of benzene rings is 3. The molecular formula is C54H64N6O6. The van der Waals surface area contributed by atoms with Crippen molar-refractivity contribution < 1.29 is 28.7 Å². The molecule has 0 radical (unpaired) electrons. The van der Waals surface area contributed by atoms with Gasteiger partial charge in [0.2, 0.25) is 11.8 Å². The number of aromatic amines is 1. The van der Waals surface area contributed by atoms with Crippen LogP contribution in [0.4, 0.5) is 10.5 Å². The van der Waals surface area contributed by atoms with E-state index in [4.69, 9.17) is 19.5 Å². The minimum atomic E-state index is -0.681. The minimum absolute atomic E-state index is 0.0304. The quantitative estimate of drug-likeness (QED) is 0.135. The van der Waals surface area contributed by atoms with Crippen molar-refractivity contribution in [3.05, 3.63) is 83.3 Å². The number of rotatable bonds is 12. The highest BCUT2D eigenvalue weighted by Crippen LogP contribution is 2.56. The monoisotopic (exact) mass is 892 g/mol. The molecule has 1 aromatic heterocycles. The number of carbonyl (C=O) groups is 4. The summed E-state index contributed by atoms with van der Waals surface area (Å²) in [6.45, 7) is 8.50. The fraction of sp³-hybridized carbons (Fsp3) is 0.519. The van der Waals surface area contributed by atoms with Crippen molar-refractivity contribution in [2.45, 2.75) is 134 Å². The van der Waals surface area contributed by atoms with Gasteiger partial charge in [0.25, 0.3) is 0 Å². The molecule has 3 amide bonds. The van der Waals surface area contributed by atoms with Crippen LogP contribution in [0, 0.1) is 23.7 Å². The van der Waals surface area contributed by atoms with E-state index in [1.54, 1.807) is 0 Å². The van der Waals surface area contributed by atoms with Gasteiger partial charge in [0, 0.05) is 24.7 Å². The van der Waals surface area contributed by atoms with Crippen LogP contribution in [0.5, 0.6) is 0 Å². The Labute approximate surface area is 388 Å². The summed E-state index contributed by atoms with van der Waals surface area (Å²) in [6.07, 6.45) is 12.9. The van der Waals surface area contributed by atoms with Crippen molar-refractivity contribution in [2.24, 2.45) is 28.7 Å². The molecule has 4 heterocycles. The van der Waals surface area contributed by atoms with Gasteiger partial charge in [-0.1, -0.05) is 83.0 Å². The number of likely N-dealkylation sites (tertiary alicyclic amines) is 2. The summed E-state index contributed by atoms with van der Waals surface area (Å²) in [5, 5.41) is 2.73. The molecule has 3 aliphatic heterocycles. The Bertz CT molecular complexity index is 2590. The van der Waals surface area contributed by atoms with Gasteiger partial charge in [0.1, 0.15) is 11.9 Å². The molecule has 4 aromatic rings. The summed E-state index contributed by atoms with van der Waals surface area (Å²) in [5.74, 6) is 0.414. The Morgan fingerprint density at radius 3 is 2.30 bits per heavy atom. The Hall–Kier alpha value is -5.78. The van der Waals surface area contributed by atoms with E-state index in [1.165, 1.54) is 85.3 Å². The van der Waals surface area contributed by atoms with Crippen LogP contribution in [0.2, 0.25) is 0 Å². The van der Waals surface area contributed by atoms with Crippen LogP contribution >= 0.6 is 0 Å². The number of nitrogens with zero attached hydrogens (tertiary/aromatic N) is 4. The highest BCUT2D eigenvalue weighted by Gasteiger charge is 2.56. The molecule has 6 atom stereocenters. The van der Waals surface area contributed by atoms with Crippen LogP contribution in [0.25, 0.3) is 33.5 Å². The molecule has 12 heteroatoms. The zero-order valence-corrected chi connectivity index (χ0v) is 39.3. The molecule has 2 saturated heterocycles. The number of fused-ring (bicyclic) bond motifs is 4. The van der Waals surface area contributed by atoms with Gasteiger partial charge < -0.3 is 29.6 Å². The van der Waals surface area contributed by atoms with Crippen LogP contribution in [0.1, 0.15) is 120 Å². The van der Waals surface area contributed by atoms with Gasteiger partial charge >= 0.3 is 12.1 Å². The molecule has 2 unspecified atom stereocenters. The topological polar surface area (TPSA) is 146 Å². The number of piperidine rings is 1. The Morgan fingerprint density at radius 2 is 1.58 bits per heavy atom. The minimum Gasteiger partial charge on any atom is -0.469 e. The SMILES string of the molecule is COC(=O)C[C@H](C(=O)N1C2CC2C[C@H]1C1=Nc2ccc(-c3ccc(-c4ccc(-c5cnc([C@@H]6CCCN6C(=O)[C@@H](NC(=O)OC)C(C)C)[nH]5)cc4)c4c3C3(CCCC3)CC4)cc2C1)C(C)C. The van der Waals surface area contributed by atoms with E-state index in [9.17, 15) is 19.2 Å². The number of aromatic nitrogens is 2. The van der Waals surface area contributed by atoms with Crippen molar-refractivity contribution >= 4 is 35.3 Å². The number of ether oxygens (including phenoxy) is 2. The van der Waals surface area contributed by atoms with Gasteiger partial charge in [-0.25, -0.2) is 9.78 Å². The number of carbonyl (C=O) groups excluding carboxylic acids is 4. The smallest absolute Gasteiger partial charge is 0.407 e. The molecule has 3 aliphatic carbocycles. The second-order valence-corrected chi connectivity index (χ2v) is 20.6. The normalized spacial score (nSPS) is 23.2. The van der Waals surface area contributed by atoms with Crippen LogP contribution in [-0.2, 0) is 42.1 Å². The van der Waals surface area contributed by atoms with Crippen molar-refractivity contribution in [2.75, 3.05) is 20.8 Å². The molecule has 2 N–H and O–H groups in total. The van der Waals surface area contributed by atoms with Gasteiger partial charge in [-0.2, -0.15) is 0 Å². The number of esters is 1. The van der Waals surface area contributed by atoms with Crippen LogP contribution in [0.15, 0.2) is 65.8 Å². The molecule has 2 saturated carbocycles. The molecule has 4 fully saturated rings. The third kappa shape index (κ3) is 7.81. The average molecular weight is 893 g/mol. The predicted octanol–water partition coefficient (Wildman–Crippen LogP) is 9.67. The first kappa shape index (κ1) is 44.1. The fourth-order valence-corrected chi connectivity index (χ4v) is 12.5. The van der Waals surface area contributed by atoms with Gasteiger partial charge in [-0.15, -0.1) is 0 Å². The summed E-state index contributed by atoms with van der Waals surface area (Å²) >= 11 is 0. The number of amides is 3. The number of hydrogen-bond donors (Lipinski definition) is 2. The molecule has 1 spiro atoms. The predicted molar refractivity (Wildman–Crippen MR) is 254 cm³/mol. The molecule has 12 nitrogen and oxygen atoms in total. The van der Waals surface area contributed by atoms with E-state index in [0.717, 1.165) is 67.0 Å². The fourth-order valence-electron chi connectivity index (χ4n) is 12.5. The van der Waals surface area contributed by atoms with Gasteiger partial charge in [-0.05, 0) is 131 Å². The second-order valence-electron chi connectivity index (χ2n) is 20.6. The lowest BCUT2D eigenvalue weighted by Crippen LogP contribution is -2.51. The number of methoxy groups -OCH3 is 2. The molecule has 6 aliphatic rings. The summed E-state index contributed by atoms with van der Waals surface area (Å²) in [4.78, 5) is 69.8. The van der Waals surface area contributed by atoms with Gasteiger partial charge in [0.05, 0.1) is 56.2 Å². The van der Waals surface area contributed by atoms with E-state index >= 15 is 0 Å². The molecule has 3 aromatic carbocycles. The first-order valence-corrected chi connectivity index (χ1v) is 24.4. The van der Waals surface area contributed by atoms with Crippen molar-refractivity contribution in [3.63, 3.8) is 0 Å². The molecule has 0 bridgehead atoms. The highest BCUT2D eigenvalue weighted by atomic mass is 16.5. The third-order valence-electron chi connectivity index (χ3n) is 16.1. The largest absolute Gasteiger partial charge is 0.469 e. The van der Waals surface area contributed by atoms with Crippen LogP contribution < -0.4 is 5.32 Å². The van der Waals surface area contributed by atoms with Crippen molar-refractivity contribution in [3.8, 4) is 33.5 Å². The maximum absolute atomic E-state index is 14.2. The zero-order chi connectivity index (χ0) is 46.0. The van der Waals surface area contributed by atoms with E-state index in [0.29, 0.717) is 12.5 Å². The number of alkyl carbamates (subject to hydrolysis) is 1. The number of nitrogens with one attached hydrogen (secondary N) is 2. The lowest BCUT2D eigenvalue weighted by atomic mass is 9.76. The second kappa shape index (κ2) is 17.5. The first-order valence-electron chi connectivity index (χ1n) is 24.4. The maximum Gasteiger partial charge on any atom is 0.407 e. The van der Waals surface area contributed by atoms with Crippen LogP contribution in [0.3, 0.4) is 0 Å². The molecular weight excluding hydrogens is 829 g/mol. The summed E-state index contributed by atoms with van der Waals surface area (Å²) in [6, 6.07) is 19.7. The first-order chi connectivity index (χ1) is 31.9. The summed E-state index contributed by atoms with van der Waals surface area (Å²) in [7, 11) is 2.70. The van der Waals surface area contributed by atoms with Gasteiger partial charge in [0.15, 0.2) is 0 Å². The van der Waals surface area contributed by atoms with Crippen LogP contribution in [-0.4, -0.2) is 88.2 Å². The Morgan fingerprint density at radius 1 is 0.833 bits per heavy atom. The number of aliphatic imine (C=N–C) groups is 1. The summed E-state index contributed by atoms with van der Waals surface area (Å²) < 4.78 is 9.80.